The fourth-order valence-corrected chi connectivity index (χ4v) is 3.56. The summed E-state index contributed by atoms with van der Waals surface area (Å²) in [6, 6.07) is 6.35. The Bertz CT molecular complexity index is 978. The Hall–Kier alpha value is -2.44. The van der Waals surface area contributed by atoms with Crippen molar-refractivity contribution in [2.45, 2.75) is 46.2 Å². The van der Waals surface area contributed by atoms with Gasteiger partial charge in [-0.25, -0.2) is 4.98 Å². The number of methoxy groups -OCH3 is 2. The first kappa shape index (κ1) is 20.3. The van der Waals surface area contributed by atoms with E-state index in [1.165, 1.54) is 0 Å². The van der Waals surface area contributed by atoms with Crippen LogP contribution in [0.2, 0.25) is 0 Å². The molecule has 0 saturated heterocycles. The van der Waals surface area contributed by atoms with Gasteiger partial charge in [0.25, 0.3) is 0 Å². The van der Waals surface area contributed by atoms with Gasteiger partial charge < -0.3 is 19.8 Å². The van der Waals surface area contributed by atoms with Crippen LogP contribution in [0.5, 0.6) is 5.75 Å². The molecule has 6 nitrogen and oxygen atoms in total. The molecule has 6 heteroatoms. The van der Waals surface area contributed by atoms with Gasteiger partial charge in [-0.15, -0.1) is 0 Å². The van der Waals surface area contributed by atoms with Crippen LogP contribution in [0.15, 0.2) is 24.4 Å². The maximum absolute atomic E-state index is 6.02. The molecule has 0 aliphatic rings. The molecule has 28 heavy (non-hydrogen) atoms. The summed E-state index contributed by atoms with van der Waals surface area (Å²) in [5, 5.41) is 0. The first-order valence-electron chi connectivity index (χ1n) is 9.66. The predicted molar refractivity (Wildman–Crippen MR) is 113 cm³/mol. The van der Waals surface area contributed by atoms with Crippen molar-refractivity contribution in [1.82, 2.24) is 14.5 Å². The Labute approximate surface area is 166 Å². The Morgan fingerprint density at radius 2 is 1.89 bits per heavy atom. The number of aromatic nitrogens is 3. The molecule has 0 unspecified atom stereocenters. The zero-order chi connectivity index (χ0) is 20.4. The molecule has 0 amide bonds. The summed E-state index contributed by atoms with van der Waals surface area (Å²) < 4.78 is 13.2. The van der Waals surface area contributed by atoms with E-state index in [0.29, 0.717) is 24.8 Å². The van der Waals surface area contributed by atoms with Crippen LogP contribution in [0, 0.1) is 6.92 Å². The quantitative estimate of drug-likeness (QED) is 0.663. The average molecular weight is 383 g/mol. The van der Waals surface area contributed by atoms with E-state index in [1.807, 2.05) is 12.1 Å². The van der Waals surface area contributed by atoms with Gasteiger partial charge in [0.15, 0.2) is 0 Å². The van der Waals surface area contributed by atoms with Crippen LogP contribution < -0.4 is 10.5 Å². The molecule has 3 heterocycles. The van der Waals surface area contributed by atoms with Crippen molar-refractivity contribution in [3.8, 4) is 17.0 Å². The number of ether oxygens (including phenoxy) is 2. The second-order valence-electron chi connectivity index (χ2n) is 7.52. The summed E-state index contributed by atoms with van der Waals surface area (Å²) in [6.45, 7) is 9.44. The molecule has 0 radical (unpaired) electrons. The third-order valence-corrected chi connectivity index (χ3v) is 5.09. The lowest BCUT2D eigenvalue weighted by molar-refractivity contribution is 0.164. The average Bonchev–Trinajstić information content (AvgIpc) is 3.02. The van der Waals surface area contributed by atoms with Gasteiger partial charge >= 0.3 is 0 Å². The third-order valence-electron chi connectivity index (χ3n) is 5.09. The van der Waals surface area contributed by atoms with Crippen LogP contribution in [0.1, 0.15) is 49.7 Å². The van der Waals surface area contributed by atoms with Crippen LogP contribution in [-0.2, 0) is 11.3 Å². The summed E-state index contributed by atoms with van der Waals surface area (Å²) in [5.41, 5.74) is 12.7. The minimum Gasteiger partial charge on any atom is -0.494 e. The molecule has 2 N–H and O–H groups in total. The molecular weight excluding hydrogens is 352 g/mol. The number of pyridine rings is 2. The smallest absolute Gasteiger partial charge is 0.147 e. The van der Waals surface area contributed by atoms with Crippen molar-refractivity contribution in [2.75, 3.05) is 20.8 Å². The molecule has 0 spiro atoms. The monoisotopic (exact) mass is 382 g/mol. The minimum absolute atomic E-state index is 0.199. The van der Waals surface area contributed by atoms with E-state index in [1.54, 1.807) is 14.2 Å². The lowest BCUT2D eigenvalue weighted by Crippen LogP contribution is -2.10. The van der Waals surface area contributed by atoms with E-state index in [0.717, 1.165) is 39.2 Å². The molecule has 150 valence electrons. The summed E-state index contributed by atoms with van der Waals surface area (Å²) in [4.78, 5) is 9.74. The molecule has 0 aromatic carbocycles. The van der Waals surface area contributed by atoms with Gasteiger partial charge in [0.1, 0.15) is 11.4 Å². The summed E-state index contributed by atoms with van der Waals surface area (Å²) in [6.07, 6.45) is 2.12. The molecule has 0 fully saturated rings. The van der Waals surface area contributed by atoms with Crippen LogP contribution in [-0.4, -0.2) is 35.4 Å². The van der Waals surface area contributed by atoms with E-state index >= 15 is 0 Å². The van der Waals surface area contributed by atoms with Crippen molar-refractivity contribution in [3.05, 3.63) is 41.3 Å². The lowest BCUT2D eigenvalue weighted by atomic mass is 10.0. The Balaban J connectivity index is 2.21. The van der Waals surface area contributed by atoms with Crippen LogP contribution in [0.3, 0.4) is 0 Å². The van der Waals surface area contributed by atoms with Gasteiger partial charge in [0.2, 0.25) is 0 Å². The Kier molecular flexibility index (Phi) is 6.01. The summed E-state index contributed by atoms with van der Waals surface area (Å²) in [5.74, 6) is 1.06. The largest absolute Gasteiger partial charge is 0.494 e. The fraction of sp³-hybridized carbons (Fsp3) is 0.455. The van der Waals surface area contributed by atoms with E-state index in [4.69, 9.17) is 25.2 Å². The van der Waals surface area contributed by atoms with Crippen LogP contribution in [0.4, 0.5) is 0 Å². The van der Waals surface area contributed by atoms with E-state index in [9.17, 15) is 0 Å². The van der Waals surface area contributed by atoms with Gasteiger partial charge in [-0.1, -0.05) is 13.8 Å². The Morgan fingerprint density at radius 3 is 2.50 bits per heavy atom. The molecule has 3 rings (SSSR count). The van der Waals surface area contributed by atoms with Crippen molar-refractivity contribution in [2.24, 2.45) is 5.73 Å². The SMILES string of the molecule is COC[C@H](C)n1cc(C)c2nc(-c3ccc(C(C)C)nc3CN)c(OC)cc21. The van der Waals surface area contributed by atoms with Crippen molar-refractivity contribution < 1.29 is 9.47 Å². The fourth-order valence-electron chi connectivity index (χ4n) is 3.56. The topological polar surface area (TPSA) is 75.2 Å². The van der Waals surface area contributed by atoms with Gasteiger partial charge in [0, 0.05) is 37.2 Å². The Morgan fingerprint density at radius 1 is 1.14 bits per heavy atom. The molecule has 0 saturated carbocycles. The minimum atomic E-state index is 0.199. The van der Waals surface area contributed by atoms with Crippen LogP contribution >= 0.6 is 0 Å². The molecule has 0 bridgehead atoms. The first-order chi connectivity index (χ1) is 13.4. The highest BCUT2D eigenvalue weighted by Crippen LogP contribution is 2.35. The highest BCUT2D eigenvalue weighted by atomic mass is 16.5. The van der Waals surface area contributed by atoms with Crippen molar-refractivity contribution in [3.63, 3.8) is 0 Å². The molecule has 3 aromatic rings. The van der Waals surface area contributed by atoms with Crippen LogP contribution in [0.25, 0.3) is 22.3 Å². The molecule has 0 aliphatic carbocycles. The van der Waals surface area contributed by atoms with Crippen molar-refractivity contribution >= 4 is 11.0 Å². The van der Waals surface area contributed by atoms with E-state index < -0.39 is 0 Å². The first-order valence-corrected chi connectivity index (χ1v) is 9.66. The number of hydrogen-bond donors (Lipinski definition) is 1. The van der Waals surface area contributed by atoms with E-state index in [-0.39, 0.29) is 6.04 Å². The van der Waals surface area contributed by atoms with Gasteiger partial charge in [0.05, 0.1) is 36.5 Å². The molecule has 0 aliphatic heterocycles. The van der Waals surface area contributed by atoms with E-state index in [2.05, 4.69) is 44.5 Å². The zero-order valence-corrected chi connectivity index (χ0v) is 17.6. The normalized spacial score (nSPS) is 12.7. The third kappa shape index (κ3) is 3.62. The second-order valence-corrected chi connectivity index (χ2v) is 7.52. The number of fused-ring (bicyclic) bond motifs is 1. The summed E-state index contributed by atoms with van der Waals surface area (Å²) >= 11 is 0. The lowest BCUT2D eigenvalue weighted by Gasteiger charge is -2.16. The number of hydrogen-bond acceptors (Lipinski definition) is 5. The maximum Gasteiger partial charge on any atom is 0.147 e. The standard InChI is InChI=1S/C22H30N4O2/c1-13(2)17-8-7-16(18(10-23)24-17)22-20(28-6)9-19-21(25-22)14(3)11-26(19)15(4)12-27-5/h7-9,11,13,15H,10,12,23H2,1-6H3/t15-/m0/s1. The molecule has 3 aromatic heterocycles. The zero-order valence-electron chi connectivity index (χ0n) is 17.6. The molecular formula is C22H30N4O2. The van der Waals surface area contributed by atoms with Gasteiger partial charge in [-0.05, 0) is 37.5 Å². The summed E-state index contributed by atoms with van der Waals surface area (Å²) in [7, 11) is 3.39. The second kappa shape index (κ2) is 8.29. The number of rotatable bonds is 7. The number of aryl methyl sites for hydroxylation is 1. The van der Waals surface area contributed by atoms with Gasteiger partial charge in [-0.2, -0.15) is 0 Å². The predicted octanol–water partition coefficient (Wildman–Crippen LogP) is 4.20. The maximum atomic E-state index is 6.02. The highest BCUT2D eigenvalue weighted by Gasteiger charge is 2.19. The van der Waals surface area contributed by atoms with Gasteiger partial charge in [-0.3, -0.25) is 4.98 Å². The highest BCUT2D eigenvalue weighted by molar-refractivity contribution is 5.86. The van der Waals surface area contributed by atoms with Crippen molar-refractivity contribution in [1.29, 1.82) is 0 Å². The number of nitrogens with zero attached hydrogens (tertiary/aromatic N) is 3. The molecule has 1 atom stereocenters. The number of nitrogens with two attached hydrogens (primary N) is 1.